The summed E-state index contributed by atoms with van der Waals surface area (Å²) in [6, 6.07) is 8.99. The maximum absolute atomic E-state index is 13.7. The van der Waals surface area contributed by atoms with E-state index in [1.54, 1.807) is 0 Å². The Kier molecular flexibility index (Phi) is 13.0. The summed E-state index contributed by atoms with van der Waals surface area (Å²) in [7, 11) is 0. The Morgan fingerprint density at radius 2 is 1.03 bits per heavy atom. The minimum Gasteiger partial charge on any atom is -0.460 e. The van der Waals surface area contributed by atoms with Crippen LogP contribution in [0.4, 0.5) is 8.78 Å². The van der Waals surface area contributed by atoms with E-state index in [-0.39, 0.29) is 25.0 Å². The first-order chi connectivity index (χ1) is 18.4. The summed E-state index contributed by atoms with van der Waals surface area (Å²) in [5.41, 5.74) is 2.72. The average Bonchev–Trinajstić information content (AvgIpc) is 2.93. The number of carbonyl (C=O) groups is 2. The van der Waals surface area contributed by atoms with Crippen molar-refractivity contribution in [3.63, 3.8) is 0 Å². The minimum absolute atomic E-state index is 0.119. The molecule has 1 aromatic rings. The van der Waals surface area contributed by atoms with Gasteiger partial charge < -0.3 is 9.47 Å². The van der Waals surface area contributed by atoms with Crippen molar-refractivity contribution < 1.29 is 27.8 Å². The fourth-order valence-electron chi connectivity index (χ4n) is 5.91. The van der Waals surface area contributed by atoms with Crippen LogP contribution in [0.5, 0.6) is 0 Å². The smallest absolute Gasteiger partial charge is 0.340 e. The van der Waals surface area contributed by atoms with Crippen molar-refractivity contribution in [2.45, 2.75) is 141 Å². The molecule has 3 rings (SSSR count). The number of carbonyl (C=O) groups excluding carboxylic acids is 2. The number of hydrogen-bond donors (Lipinski definition) is 0. The van der Waals surface area contributed by atoms with Crippen molar-refractivity contribution in [3.05, 3.63) is 35.4 Å². The second kappa shape index (κ2) is 16.2. The molecule has 0 aromatic heterocycles. The molecule has 0 N–H and O–H groups in total. The Labute approximate surface area is 228 Å². The fourth-order valence-corrected chi connectivity index (χ4v) is 5.91. The first kappa shape index (κ1) is 30.6. The van der Waals surface area contributed by atoms with Gasteiger partial charge in [-0.15, -0.1) is 0 Å². The van der Waals surface area contributed by atoms with Crippen LogP contribution in [0.3, 0.4) is 0 Å². The van der Waals surface area contributed by atoms with Crippen molar-refractivity contribution >= 4 is 11.9 Å². The monoisotopic (exact) mass is 534 g/mol. The molecule has 2 atom stereocenters. The van der Waals surface area contributed by atoms with E-state index in [2.05, 4.69) is 24.3 Å². The predicted molar refractivity (Wildman–Crippen MR) is 146 cm³/mol. The Morgan fingerprint density at radius 1 is 0.684 bits per heavy atom. The topological polar surface area (TPSA) is 52.6 Å². The minimum atomic E-state index is -1.48. The van der Waals surface area contributed by atoms with Gasteiger partial charge in [0.15, 0.2) is 12.3 Å². The lowest BCUT2D eigenvalue weighted by molar-refractivity contribution is -0.158. The van der Waals surface area contributed by atoms with Crippen LogP contribution in [0.25, 0.3) is 0 Å². The summed E-state index contributed by atoms with van der Waals surface area (Å²) < 4.78 is 38.2. The molecule has 2 aliphatic carbocycles. The Bertz CT molecular complexity index is 757. The molecule has 4 nitrogen and oxygen atoms in total. The molecule has 0 spiro atoms. The van der Waals surface area contributed by atoms with E-state index in [0.717, 1.165) is 77.0 Å². The standard InChI is InChI=1S/C32H48F2O4/c1-3-5-29(33)31(35)37-27-19-15-25(16-20-27)13-11-23-7-9-24(10-8-23)12-14-26-17-21-28(22-18-26)38-32(36)30(34)6-4-2/h7-10,25-30H,3-6,11-22H2,1-2H3. The number of ether oxygens (including phenoxy) is 2. The number of benzene rings is 1. The Balaban J connectivity index is 1.28. The van der Waals surface area contributed by atoms with E-state index in [9.17, 15) is 18.4 Å². The highest BCUT2D eigenvalue weighted by molar-refractivity contribution is 5.75. The molecule has 0 saturated heterocycles. The molecular weight excluding hydrogens is 486 g/mol. The molecule has 38 heavy (non-hydrogen) atoms. The predicted octanol–water partition coefficient (Wildman–Crippen LogP) is 8.03. The van der Waals surface area contributed by atoms with Crippen LogP contribution in [0.2, 0.25) is 0 Å². The number of esters is 2. The van der Waals surface area contributed by atoms with Gasteiger partial charge in [0.05, 0.1) is 0 Å². The quantitative estimate of drug-likeness (QED) is 0.227. The molecule has 0 amide bonds. The van der Waals surface area contributed by atoms with E-state index in [4.69, 9.17) is 9.47 Å². The van der Waals surface area contributed by atoms with E-state index in [0.29, 0.717) is 24.7 Å². The number of aryl methyl sites for hydroxylation is 2. The summed E-state index contributed by atoms with van der Waals surface area (Å²) in [6.45, 7) is 3.74. The molecule has 0 bridgehead atoms. The summed E-state index contributed by atoms with van der Waals surface area (Å²) in [4.78, 5) is 23.6. The molecular formula is C32H48F2O4. The third-order valence-corrected chi connectivity index (χ3v) is 8.45. The lowest BCUT2D eigenvalue weighted by Crippen LogP contribution is -2.29. The van der Waals surface area contributed by atoms with Crippen molar-refractivity contribution in [1.82, 2.24) is 0 Å². The molecule has 2 unspecified atom stereocenters. The van der Waals surface area contributed by atoms with Gasteiger partial charge in [-0.2, -0.15) is 0 Å². The van der Waals surface area contributed by atoms with Gasteiger partial charge in [0.25, 0.3) is 0 Å². The summed E-state index contributed by atoms with van der Waals surface area (Å²) in [5, 5.41) is 0. The highest BCUT2D eigenvalue weighted by Crippen LogP contribution is 2.31. The van der Waals surface area contributed by atoms with Crippen LogP contribution in [-0.4, -0.2) is 36.5 Å². The number of alkyl halides is 2. The summed E-state index contributed by atoms with van der Waals surface area (Å²) in [6.07, 6.45) is 10.5. The van der Waals surface area contributed by atoms with Crippen molar-refractivity contribution in [2.24, 2.45) is 11.8 Å². The van der Waals surface area contributed by atoms with Crippen LogP contribution in [0.15, 0.2) is 24.3 Å². The van der Waals surface area contributed by atoms with Gasteiger partial charge in [-0.25, -0.2) is 18.4 Å². The molecule has 214 valence electrons. The molecule has 0 aliphatic heterocycles. The van der Waals surface area contributed by atoms with Gasteiger partial charge in [-0.05, 0) is 113 Å². The van der Waals surface area contributed by atoms with E-state index < -0.39 is 24.3 Å². The van der Waals surface area contributed by atoms with Crippen LogP contribution in [0.1, 0.15) is 115 Å². The van der Waals surface area contributed by atoms with Crippen LogP contribution < -0.4 is 0 Å². The van der Waals surface area contributed by atoms with Gasteiger partial charge in [0.1, 0.15) is 12.2 Å². The molecule has 2 aliphatic rings. The Morgan fingerprint density at radius 3 is 1.34 bits per heavy atom. The first-order valence-corrected chi connectivity index (χ1v) is 15.1. The first-order valence-electron chi connectivity index (χ1n) is 15.1. The zero-order valence-corrected chi connectivity index (χ0v) is 23.5. The maximum Gasteiger partial charge on any atom is 0.340 e. The summed E-state index contributed by atoms with van der Waals surface area (Å²) >= 11 is 0. The molecule has 2 fully saturated rings. The van der Waals surface area contributed by atoms with Crippen LogP contribution >= 0.6 is 0 Å². The highest BCUT2D eigenvalue weighted by atomic mass is 19.1. The van der Waals surface area contributed by atoms with Crippen molar-refractivity contribution in [3.8, 4) is 0 Å². The zero-order valence-electron chi connectivity index (χ0n) is 23.5. The molecule has 2 saturated carbocycles. The molecule has 6 heteroatoms. The zero-order chi connectivity index (χ0) is 27.3. The van der Waals surface area contributed by atoms with Gasteiger partial charge in [-0.3, -0.25) is 0 Å². The number of hydrogen-bond acceptors (Lipinski definition) is 4. The number of rotatable bonds is 14. The lowest BCUT2D eigenvalue weighted by Gasteiger charge is -2.29. The second-order valence-electron chi connectivity index (χ2n) is 11.6. The molecule has 1 aromatic carbocycles. The van der Waals surface area contributed by atoms with E-state index in [1.807, 2.05) is 13.8 Å². The van der Waals surface area contributed by atoms with Gasteiger partial charge >= 0.3 is 11.9 Å². The third kappa shape index (κ3) is 10.3. The van der Waals surface area contributed by atoms with Gasteiger partial charge in [-0.1, -0.05) is 51.0 Å². The van der Waals surface area contributed by atoms with Crippen LogP contribution in [-0.2, 0) is 31.9 Å². The van der Waals surface area contributed by atoms with Crippen molar-refractivity contribution in [2.75, 3.05) is 0 Å². The average molecular weight is 535 g/mol. The second-order valence-corrected chi connectivity index (χ2v) is 11.6. The third-order valence-electron chi connectivity index (χ3n) is 8.45. The van der Waals surface area contributed by atoms with E-state index in [1.165, 1.54) is 11.1 Å². The fraction of sp³-hybridized carbons (Fsp3) is 0.750. The highest BCUT2D eigenvalue weighted by Gasteiger charge is 2.28. The SMILES string of the molecule is CCCC(F)C(=O)OC1CCC(CCc2ccc(CCC3CCC(OC(=O)C(F)CCC)CC3)cc2)CC1. The maximum atomic E-state index is 13.7. The molecule has 0 radical (unpaired) electrons. The Hall–Kier alpha value is -1.98. The normalized spacial score (nSPS) is 25.4. The molecule has 0 heterocycles. The lowest BCUT2D eigenvalue weighted by atomic mass is 9.83. The largest absolute Gasteiger partial charge is 0.460 e. The van der Waals surface area contributed by atoms with Crippen LogP contribution in [0, 0.1) is 11.8 Å². The van der Waals surface area contributed by atoms with Gasteiger partial charge in [0.2, 0.25) is 0 Å². The van der Waals surface area contributed by atoms with E-state index >= 15 is 0 Å². The van der Waals surface area contributed by atoms with Crippen molar-refractivity contribution in [1.29, 1.82) is 0 Å². The summed E-state index contributed by atoms with van der Waals surface area (Å²) in [5.74, 6) is -0.0816. The van der Waals surface area contributed by atoms with Gasteiger partial charge in [0, 0.05) is 0 Å². The number of halogens is 2.